The number of amides is 1. The molecular weight excluding hydrogens is 282 g/mol. The summed E-state index contributed by atoms with van der Waals surface area (Å²) in [6, 6.07) is 7.76. The number of benzene rings is 1. The first-order chi connectivity index (χ1) is 7.95. The van der Waals surface area contributed by atoms with E-state index in [0.29, 0.717) is 0 Å². The normalized spacial score (nSPS) is 14.9. The fourth-order valence-corrected chi connectivity index (χ4v) is 2.25. The molecule has 0 radical (unpaired) electrons. The summed E-state index contributed by atoms with van der Waals surface area (Å²) in [6.45, 7) is 3.69. The van der Waals surface area contributed by atoms with Gasteiger partial charge in [-0.3, -0.25) is 9.69 Å². The molecule has 1 heterocycles. The average molecular weight is 294 g/mol. The zero-order chi connectivity index (χ0) is 12.6. The van der Waals surface area contributed by atoms with Gasteiger partial charge in [-0.05, 0) is 32.0 Å². The molecule has 17 heavy (non-hydrogen) atoms. The Balaban J connectivity index is 2.56. The van der Waals surface area contributed by atoms with Crippen molar-refractivity contribution in [3.05, 3.63) is 22.7 Å². The quantitative estimate of drug-likeness (QED) is 0.866. The van der Waals surface area contributed by atoms with Crippen molar-refractivity contribution in [2.45, 2.75) is 19.4 Å². The summed E-state index contributed by atoms with van der Waals surface area (Å²) in [6.07, 6.45) is 0. The van der Waals surface area contributed by atoms with E-state index >= 15 is 0 Å². The number of hydrogen-bond donors (Lipinski definition) is 1. The number of carbonyl (C=O) groups is 1. The van der Waals surface area contributed by atoms with Crippen molar-refractivity contribution in [1.29, 1.82) is 5.26 Å². The fraction of sp³-hybridized carbons (Fsp3) is 0.333. The van der Waals surface area contributed by atoms with Crippen LogP contribution in [0.15, 0.2) is 22.7 Å². The molecule has 0 spiro atoms. The highest BCUT2D eigenvalue weighted by Crippen LogP contribution is 2.36. The lowest BCUT2D eigenvalue weighted by Crippen LogP contribution is -2.51. The van der Waals surface area contributed by atoms with E-state index in [1.54, 1.807) is 18.7 Å². The molecule has 0 saturated heterocycles. The predicted octanol–water partition coefficient (Wildman–Crippen LogP) is 2.51. The highest BCUT2D eigenvalue weighted by Gasteiger charge is 2.36. The van der Waals surface area contributed by atoms with Gasteiger partial charge in [0.15, 0.2) is 0 Å². The van der Waals surface area contributed by atoms with Crippen LogP contribution in [-0.2, 0) is 4.79 Å². The van der Waals surface area contributed by atoms with Crippen LogP contribution in [0.4, 0.5) is 11.4 Å². The van der Waals surface area contributed by atoms with Gasteiger partial charge in [0.2, 0.25) is 5.91 Å². The van der Waals surface area contributed by atoms with Crippen LogP contribution in [0.5, 0.6) is 0 Å². The minimum Gasteiger partial charge on any atom is -0.374 e. The number of carbonyl (C=O) groups excluding carboxylic acids is 1. The number of halogens is 1. The van der Waals surface area contributed by atoms with Crippen LogP contribution in [0.2, 0.25) is 0 Å². The highest BCUT2D eigenvalue weighted by atomic mass is 79.9. The third-order valence-corrected chi connectivity index (χ3v) is 3.20. The summed E-state index contributed by atoms with van der Waals surface area (Å²) in [5, 5.41) is 12.2. The van der Waals surface area contributed by atoms with Crippen LogP contribution >= 0.6 is 15.9 Å². The van der Waals surface area contributed by atoms with Crippen molar-refractivity contribution >= 4 is 33.2 Å². The second kappa shape index (κ2) is 4.04. The van der Waals surface area contributed by atoms with Gasteiger partial charge in [0, 0.05) is 4.47 Å². The largest absolute Gasteiger partial charge is 0.374 e. The molecular formula is C12H12BrN3O. The molecule has 1 N–H and O–H groups in total. The Labute approximate surface area is 108 Å². The van der Waals surface area contributed by atoms with E-state index in [-0.39, 0.29) is 12.5 Å². The second-order valence-electron chi connectivity index (χ2n) is 4.41. The van der Waals surface area contributed by atoms with Gasteiger partial charge in [0.25, 0.3) is 0 Å². The summed E-state index contributed by atoms with van der Waals surface area (Å²) in [5.74, 6) is -0.0913. The minimum absolute atomic E-state index is 0.0913. The zero-order valence-electron chi connectivity index (χ0n) is 9.62. The van der Waals surface area contributed by atoms with Gasteiger partial charge in [0.05, 0.1) is 24.0 Å². The fourth-order valence-electron chi connectivity index (χ4n) is 1.89. The van der Waals surface area contributed by atoms with Crippen LogP contribution in [0.1, 0.15) is 13.8 Å². The summed E-state index contributed by atoms with van der Waals surface area (Å²) >= 11 is 3.38. The smallest absolute Gasteiger partial charge is 0.247 e. The third kappa shape index (κ3) is 2.01. The number of nitriles is 1. The molecule has 2 rings (SSSR count). The van der Waals surface area contributed by atoms with Crippen molar-refractivity contribution in [2.75, 3.05) is 16.8 Å². The van der Waals surface area contributed by atoms with Crippen LogP contribution in [0.25, 0.3) is 0 Å². The molecule has 0 saturated carbocycles. The Morgan fingerprint density at radius 3 is 2.88 bits per heavy atom. The second-order valence-corrected chi connectivity index (χ2v) is 5.33. The molecule has 0 unspecified atom stereocenters. The molecule has 0 aromatic heterocycles. The lowest BCUT2D eigenvalue weighted by atomic mass is 10.0. The Morgan fingerprint density at radius 1 is 1.53 bits per heavy atom. The Morgan fingerprint density at radius 2 is 2.24 bits per heavy atom. The summed E-state index contributed by atoms with van der Waals surface area (Å²) in [5.41, 5.74) is 0.764. The van der Waals surface area contributed by atoms with Gasteiger partial charge in [-0.2, -0.15) is 5.26 Å². The SMILES string of the molecule is CC(C)(C#N)N1C(=O)CNc2cc(Br)ccc21. The highest BCUT2D eigenvalue weighted by molar-refractivity contribution is 9.10. The predicted molar refractivity (Wildman–Crippen MR) is 69.8 cm³/mol. The van der Waals surface area contributed by atoms with Crippen molar-refractivity contribution in [1.82, 2.24) is 0 Å². The van der Waals surface area contributed by atoms with E-state index < -0.39 is 5.54 Å². The first-order valence-corrected chi connectivity index (χ1v) is 6.03. The molecule has 0 fully saturated rings. The van der Waals surface area contributed by atoms with Crippen LogP contribution in [-0.4, -0.2) is 18.0 Å². The minimum atomic E-state index is -0.845. The lowest BCUT2D eigenvalue weighted by Gasteiger charge is -2.37. The summed E-state index contributed by atoms with van der Waals surface area (Å²) in [4.78, 5) is 13.5. The maximum absolute atomic E-state index is 11.9. The number of hydrogen-bond acceptors (Lipinski definition) is 3. The van der Waals surface area contributed by atoms with Gasteiger partial charge >= 0.3 is 0 Å². The molecule has 0 atom stereocenters. The maximum atomic E-state index is 11.9. The summed E-state index contributed by atoms with van der Waals surface area (Å²) in [7, 11) is 0. The molecule has 1 aliphatic rings. The van der Waals surface area contributed by atoms with Gasteiger partial charge in [-0.15, -0.1) is 0 Å². The molecule has 0 bridgehead atoms. The lowest BCUT2D eigenvalue weighted by molar-refractivity contribution is -0.117. The first kappa shape index (κ1) is 11.9. The van der Waals surface area contributed by atoms with E-state index in [2.05, 4.69) is 27.3 Å². The third-order valence-electron chi connectivity index (χ3n) is 2.71. The van der Waals surface area contributed by atoms with E-state index in [1.165, 1.54) is 0 Å². The van der Waals surface area contributed by atoms with Crippen molar-refractivity contribution in [2.24, 2.45) is 0 Å². The molecule has 0 aliphatic carbocycles. The number of rotatable bonds is 1. The maximum Gasteiger partial charge on any atom is 0.247 e. The molecule has 5 heteroatoms. The average Bonchev–Trinajstić information content (AvgIpc) is 2.29. The van der Waals surface area contributed by atoms with Crippen molar-refractivity contribution in [3.8, 4) is 6.07 Å². The number of nitrogens with one attached hydrogen (secondary N) is 1. The van der Waals surface area contributed by atoms with Crippen LogP contribution in [0.3, 0.4) is 0 Å². The van der Waals surface area contributed by atoms with Crippen LogP contribution < -0.4 is 10.2 Å². The Kier molecular flexibility index (Phi) is 2.84. The Hall–Kier alpha value is -1.54. The van der Waals surface area contributed by atoms with E-state index in [0.717, 1.165) is 15.8 Å². The molecule has 1 aromatic carbocycles. The zero-order valence-corrected chi connectivity index (χ0v) is 11.2. The number of anilines is 2. The van der Waals surface area contributed by atoms with Crippen molar-refractivity contribution < 1.29 is 4.79 Å². The number of nitrogens with zero attached hydrogens (tertiary/aromatic N) is 2. The molecule has 88 valence electrons. The van der Waals surface area contributed by atoms with Gasteiger partial charge < -0.3 is 5.32 Å². The molecule has 1 amide bonds. The van der Waals surface area contributed by atoms with Gasteiger partial charge in [-0.1, -0.05) is 15.9 Å². The molecule has 4 nitrogen and oxygen atoms in total. The van der Waals surface area contributed by atoms with Gasteiger partial charge in [-0.25, -0.2) is 0 Å². The molecule has 1 aromatic rings. The first-order valence-electron chi connectivity index (χ1n) is 5.23. The number of fused-ring (bicyclic) bond motifs is 1. The monoisotopic (exact) mass is 293 g/mol. The topological polar surface area (TPSA) is 56.1 Å². The van der Waals surface area contributed by atoms with Crippen LogP contribution in [0, 0.1) is 11.3 Å². The summed E-state index contributed by atoms with van der Waals surface area (Å²) < 4.78 is 0.938. The van der Waals surface area contributed by atoms with E-state index in [9.17, 15) is 10.1 Å². The van der Waals surface area contributed by atoms with Gasteiger partial charge in [0.1, 0.15) is 5.54 Å². The van der Waals surface area contributed by atoms with E-state index in [4.69, 9.17) is 0 Å². The van der Waals surface area contributed by atoms with Crippen molar-refractivity contribution in [3.63, 3.8) is 0 Å². The molecule has 1 aliphatic heterocycles. The standard InChI is InChI=1S/C12H12BrN3O/c1-12(2,7-14)16-10-4-3-8(13)5-9(10)15-6-11(16)17/h3-5,15H,6H2,1-2H3. The van der Waals surface area contributed by atoms with E-state index in [1.807, 2.05) is 18.2 Å². The Bertz CT molecular complexity index is 519.